The first-order valence-corrected chi connectivity index (χ1v) is 24.2. The third kappa shape index (κ3) is 6.56. The van der Waals surface area contributed by atoms with E-state index in [0.717, 1.165) is 61.0 Å². The molecule has 1 aliphatic carbocycles. The third-order valence-corrected chi connectivity index (χ3v) is 15.1. The van der Waals surface area contributed by atoms with E-state index in [2.05, 4.69) is 163 Å². The number of rotatable bonds is 8. The lowest BCUT2D eigenvalue weighted by Crippen LogP contribution is -2.32. The Balaban J connectivity index is 0.917. The fraction of sp³-hybridized carbons (Fsp3) is 0.0149. The van der Waals surface area contributed by atoms with Gasteiger partial charge in [0.1, 0.15) is 11.5 Å². The predicted molar refractivity (Wildman–Crippen MR) is 297 cm³/mol. The molecule has 4 heteroatoms. The summed E-state index contributed by atoms with van der Waals surface area (Å²) in [5.41, 5.74) is 12.0. The molecule has 11 aromatic carbocycles. The Hall–Kier alpha value is -8.96. The van der Waals surface area contributed by atoms with Crippen LogP contribution < -0.4 is 14.5 Å². The van der Waals surface area contributed by atoms with Crippen molar-refractivity contribution >= 4 is 65.6 Å². The highest BCUT2D eigenvalue weighted by Gasteiger charge is 2.50. The van der Waals surface area contributed by atoms with Crippen LogP contribution in [0.3, 0.4) is 0 Å². The second-order valence-corrected chi connectivity index (χ2v) is 18.7. The minimum absolute atomic E-state index is 0.193. The van der Waals surface area contributed by atoms with Crippen LogP contribution in [0.4, 0.5) is 34.1 Å². The van der Waals surface area contributed by atoms with E-state index in [0.29, 0.717) is 5.69 Å². The molecule has 1 aliphatic heterocycles. The van der Waals surface area contributed by atoms with Crippen molar-refractivity contribution in [1.29, 1.82) is 0 Å². The van der Waals surface area contributed by atoms with E-state index in [1.54, 1.807) is 23.5 Å². The molecule has 0 amide bonds. The van der Waals surface area contributed by atoms with Gasteiger partial charge in [0.05, 0.1) is 24.8 Å². The maximum absolute atomic E-state index is 9.04. The molecule has 1 spiro atoms. The standard InChI is InChI=1S/C67H44N2OS/c1-3-17-48(18-4-1)68(49-19-5-2-6-20-49)50-37-39-52(40-38-50)69(62-28-14-9-21-53(62)47-33-41-57-56-24-10-16-30-65(56)71-66(57)44-47)51-35-31-45(32-36-51)46-34-42-61-64(43-46)70-63-29-15-13-27-60(63)67(61)58-25-11-7-22-54(58)55-23-8-12-26-59(55)67/h1-44H/i1D,2D,3D,4D,5D,6D,17D,18D,19D,20D. The summed E-state index contributed by atoms with van der Waals surface area (Å²) in [6, 6.07) is 64.4. The van der Waals surface area contributed by atoms with E-state index in [4.69, 9.17) is 18.4 Å². The minimum atomic E-state index is -0.637. The number of hydrogen-bond donors (Lipinski definition) is 0. The minimum Gasteiger partial charge on any atom is -0.457 e. The number of benzene rings is 11. The smallest absolute Gasteiger partial charge is 0.132 e. The topological polar surface area (TPSA) is 15.7 Å². The van der Waals surface area contributed by atoms with Crippen molar-refractivity contribution < 1.29 is 18.4 Å². The van der Waals surface area contributed by atoms with Crippen molar-refractivity contribution in [2.75, 3.05) is 9.80 Å². The van der Waals surface area contributed by atoms with Gasteiger partial charge in [0, 0.05) is 65.3 Å². The molecule has 0 fully saturated rings. The normalized spacial score (nSPS) is 14.7. The number of anilines is 6. The highest BCUT2D eigenvalue weighted by atomic mass is 32.1. The van der Waals surface area contributed by atoms with Crippen LogP contribution in [0.25, 0.3) is 53.6 Å². The first-order valence-electron chi connectivity index (χ1n) is 28.4. The maximum atomic E-state index is 9.04. The molecule has 0 bridgehead atoms. The van der Waals surface area contributed by atoms with E-state index in [1.165, 1.54) is 42.6 Å². The fourth-order valence-electron chi connectivity index (χ4n) is 10.9. The largest absolute Gasteiger partial charge is 0.457 e. The highest BCUT2D eigenvalue weighted by molar-refractivity contribution is 7.25. The van der Waals surface area contributed by atoms with Crippen LogP contribution in [-0.2, 0) is 5.41 Å². The molecule has 71 heavy (non-hydrogen) atoms. The van der Waals surface area contributed by atoms with Crippen LogP contribution in [0.2, 0.25) is 0 Å². The highest BCUT2D eigenvalue weighted by Crippen LogP contribution is 2.62. The Morgan fingerprint density at radius 3 is 1.55 bits per heavy atom. The molecule has 0 saturated carbocycles. The van der Waals surface area contributed by atoms with Crippen LogP contribution >= 0.6 is 11.3 Å². The molecular formula is C67H44N2OS. The summed E-state index contributed by atoms with van der Waals surface area (Å²) in [6.45, 7) is 0. The molecule has 0 unspecified atom stereocenters. The molecule has 0 N–H and O–H groups in total. The Morgan fingerprint density at radius 1 is 0.352 bits per heavy atom. The Labute approximate surface area is 431 Å². The SMILES string of the molecule is [2H]c1c([2H])c([2H])c(N(c2ccc(N(c3ccc(-c4ccc5c(c4)Oc4ccccc4C54c5ccccc5-c5ccccc54)cc3)c3ccccc3-c3ccc4c(c3)sc3ccccc34)cc2)c2c([2H])c([2H])c([2H])c([2H])c2[2H])c([2H])c1[2H]. The van der Waals surface area contributed by atoms with Crippen LogP contribution in [0, 0.1) is 0 Å². The zero-order valence-corrected chi connectivity index (χ0v) is 38.7. The predicted octanol–water partition coefficient (Wildman–Crippen LogP) is 18.8. The fourth-order valence-corrected chi connectivity index (χ4v) is 12.1. The molecule has 1 aromatic heterocycles. The maximum Gasteiger partial charge on any atom is 0.132 e. The summed E-state index contributed by atoms with van der Waals surface area (Å²) < 4.78 is 96.5. The molecule has 2 aliphatic rings. The van der Waals surface area contributed by atoms with E-state index in [-0.39, 0.29) is 17.1 Å². The van der Waals surface area contributed by atoms with E-state index < -0.39 is 65.8 Å². The summed E-state index contributed by atoms with van der Waals surface area (Å²) in [4.78, 5) is 3.30. The second-order valence-electron chi connectivity index (χ2n) is 17.7. The van der Waals surface area contributed by atoms with Gasteiger partial charge in [-0.05, 0) is 130 Å². The number of fused-ring (bicyclic) bond motifs is 12. The first kappa shape index (κ1) is 32.0. The van der Waals surface area contributed by atoms with Crippen molar-refractivity contribution in [1.82, 2.24) is 0 Å². The van der Waals surface area contributed by atoms with Gasteiger partial charge in [-0.25, -0.2) is 0 Å². The van der Waals surface area contributed by atoms with Gasteiger partial charge in [-0.3, -0.25) is 0 Å². The number of nitrogens with zero attached hydrogens (tertiary/aromatic N) is 2. The molecule has 12 aromatic rings. The lowest BCUT2D eigenvalue weighted by atomic mass is 9.66. The van der Waals surface area contributed by atoms with Gasteiger partial charge < -0.3 is 14.5 Å². The van der Waals surface area contributed by atoms with Crippen LogP contribution in [0.15, 0.2) is 267 Å². The summed E-state index contributed by atoms with van der Waals surface area (Å²) in [5, 5.41) is 2.37. The van der Waals surface area contributed by atoms with Crippen LogP contribution in [0.5, 0.6) is 11.5 Å². The Kier molecular flexibility index (Phi) is 7.49. The Morgan fingerprint density at radius 2 is 0.859 bits per heavy atom. The molecule has 14 rings (SSSR count). The van der Waals surface area contributed by atoms with E-state index >= 15 is 0 Å². The van der Waals surface area contributed by atoms with Crippen LogP contribution in [0.1, 0.15) is 36.0 Å². The monoisotopic (exact) mass is 934 g/mol. The Bertz CT molecular complexity index is 4430. The van der Waals surface area contributed by atoms with Crippen LogP contribution in [-0.4, -0.2) is 0 Å². The third-order valence-electron chi connectivity index (χ3n) is 13.9. The van der Waals surface area contributed by atoms with E-state index in [1.807, 2.05) is 36.4 Å². The van der Waals surface area contributed by atoms with Crippen molar-refractivity contribution in [3.05, 3.63) is 289 Å². The average molecular weight is 935 g/mol. The zero-order chi connectivity index (χ0) is 55.6. The van der Waals surface area contributed by atoms with Gasteiger partial charge in [-0.2, -0.15) is 0 Å². The summed E-state index contributed by atoms with van der Waals surface area (Å²) in [5.74, 6) is 1.58. The lowest BCUT2D eigenvalue weighted by Gasteiger charge is -2.39. The summed E-state index contributed by atoms with van der Waals surface area (Å²) >= 11 is 1.74. The number of thiophene rings is 1. The van der Waals surface area contributed by atoms with Gasteiger partial charge in [0.2, 0.25) is 0 Å². The van der Waals surface area contributed by atoms with Crippen molar-refractivity contribution in [2.24, 2.45) is 0 Å². The van der Waals surface area contributed by atoms with E-state index in [9.17, 15) is 0 Å². The molecule has 0 radical (unpaired) electrons. The summed E-state index contributed by atoms with van der Waals surface area (Å²) in [6.07, 6.45) is 0. The zero-order valence-electron chi connectivity index (χ0n) is 47.8. The first-order chi connectivity index (χ1) is 39.3. The number of ether oxygens (including phenoxy) is 1. The van der Waals surface area contributed by atoms with Gasteiger partial charge >= 0.3 is 0 Å². The quantitative estimate of drug-likeness (QED) is 0.151. The molecular weight excluding hydrogens is 881 g/mol. The van der Waals surface area contributed by atoms with Gasteiger partial charge in [-0.1, -0.05) is 176 Å². The van der Waals surface area contributed by atoms with Crippen molar-refractivity contribution in [3.8, 4) is 44.9 Å². The van der Waals surface area contributed by atoms with Crippen molar-refractivity contribution in [2.45, 2.75) is 5.41 Å². The number of hydrogen-bond acceptors (Lipinski definition) is 4. The lowest BCUT2D eigenvalue weighted by molar-refractivity contribution is 0.436. The second kappa shape index (κ2) is 16.6. The molecule has 2 heterocycles. The molecule has 0 saturated heterocycles. The number of para-hydroxylation sites is 4. The van der Waals surface area contributed by atoms with Crippen molar-refractivity contribution in [3.63, 3.8) is 0 Å². The average Bonchev–Trinajstić information content (AvgIpc) is 2.49. The molecule has 334 valence electrons. The summed E-state index contributed by atoms with van der Waals surface area (Å²) in [7, 11) is 0. The molecule has 0 atom stereocenters. The van der Waals surface area contributed by atoms with Gasteiger partial charge in [0.15, 0.2) is 0 Å². The van der Waals surface area contributed by atoms with Gasteiger partial charge in [-0.15, -0.1) is 11.3 Å². The molecule has 3 nitrogen and oxygen atoms in total. The van der Waals surface area contributed by atoms with Gasteiger partial charge in [0.25, 0.3) is 0 Å².